The molecule has 1 N–H and O–H groups in total. The van der Waals surface area contributed by atoms with Crippen molar-refractivity contribution in [3.8, 4) is 46.0 Å². The van der Waals surface area contributed by atoms with E-state index in [1.807, 2.05) is 154 Å². The van der Waals surface area contributed by atoms with Gasteiger partial charge in [-0.1, -0.05) is 40.2 Å². The van der Waals surface area contributed by atoms with Crippen molar-refractivity contribution in [2.24, 2.45) is 11.8 Å². The minimum atomic E-state index is -0.677. The summed E-state index contributed by atoms with van der Waals surface area (Å²) in [5.74, 6) is 3.05. The van der Waals surface area contributed by atoms with Gasteiger partial charge in [0.2, 0.25) is 11.8 Å². The predicted octanol–water partition coefficient (Wildman–Crippen LogP) is 13.9. The molecule has 0 radical (unpaired) electrons. The van der Waals surface area contributed by atoms with Gasteiger partial charge < -0.3 is 86.6 Å². The van der Waals surface area contributed by atoms with Crippen LogP contribution in [0.5, 0.6) is 46.0 Å². The van der Waals surface area contributed by atoms with E-state index in [4.69, 9.17) is 52.1 Å². The minimum absolute atomic E-state index is 0.00905. The van der Waals surface area contributed by atoms with Crippen molar-refractivity contribution in [3.05, 3.63) is 144 Å². The molecule has 25 heteroatoms. The maximum atomic E-state index is 15.0. The van der Waals surface area contributed by atoms with Crippen LogP contribution in [0.3, 0.4) is 0 Å². The van der Waals surface area contributed by atoms with Crippen molar-refractivity contribution in [1.29, 1.82) is 0 Å². The molecule has 4 atom stereocenters. The van der Waals surface area contributed by atoms with Crippen LogP contribution in [0.2, 0.25) is 0 Å². The zero-order valence-electron chi connectivity index (χ0n) is 63.6. The van der Waals surface area contributed by atoms with Gasteiger partial charge in [0.1, 0.15) is 63.8 Å². The van der Waals surface area contributed by atoms with Gasteiger partial charge in [0.25, 0.3) is 11.8 Å². The number of piperidine rings is 2. The summed E-state index contributed by atoms with van der Waals surface area (Å²) in [6, 6.07) is 37.5. The molecule has 12 rings (SSSR count). The molecule has 0 unspecified atom stereocenters. The van der Waals surface area contributed by atoms with E-state index in [9.17, 15) is 29.1 Å². The molecule has 24 nitrogen and oxygen atoms in total. The van der Waals surface area contributed by atoms with Crippen LogP contribution in [0.15, 0.2) is 121 Å². The number of nitrogens with zero attached hydrogens (tertiary/aromatic N) is 6. The van der Waals surface area contributed by atoms with E-state index in [0.717, 1.165) is 64.8 Å². The molecule has 4 fully saturated rings. The lowest BCUT2D eigenvalue weighted by atomic mass is 9.79. The molecule has 4 heterocycles. The van der Waals surface area contributed by atoms with Crippen molar-refractivity contribution in [3.63, 3.8) is 0 Å². The number of carbonyl (C=O) groups excluding carboxylic acids is 6. The molecule has 2 saturated heterocycles. The number of likely N-dealkylation sites (tertiary alicyclic amines) is 2. The van der Waals surface area contributed by atoms with Gasteiger partial charge in [-0.25, -0.2) is 9.59 Å². The molecule has 6 amide bonds. The molecule has 6 aromatic carbocycles. The minimum Gasteiger partial charge on any atom is -0.508 e. The van der Waals surface area contributed by atoms with Gasteiger partial charge in [-0.05, 0) is 212 Å². The third-order valence-corrected chi connectivity index (χ3v) is 19.9. The van der Waals surface area contributed by atoms with Crippen LogP contribution in [0.25, 0.3) is 0 Å². The Bertz CT molecular complexity index is 4000. The van der Waals surface area contributed by atoms with E-state index in [2.05, 4.69) is 15.9 Å². The van der Waals surface area contributed by atoms with Crippen molar-refractivity contribution in [2.75, 3.05) is 128 Å². The molecule has 6 aromatic rings. The van der Waals surface area contributed by atoms with Crippen LogP contribution in [0.1, 0.15) is 127 Å². The van der Waals surface area contributed by atoms with Crippen molar-refractivity contribution in [1.82, 2.24) is 9.80 Å². The summed E-state index contributed by atoms with van der Waals surface area (Å²) >= 11 is 3.37. The number of hydrogen-bond donors (Lipinski definition) is 1. The van der Waals surface area contributed by atoms with Gasteiger partial charge in [0.15, 0.2) is 13.2 Å². The Labute approximate surface area is 636 Å². The number of phenolic OH excluding ortho intramolecular Hbond substituents is 1. The Morgan fingerprint density at radius 3 is 1.33 bits per heavy atom. The van der Waals surface area contributed by atoms with Gasteiger partial charge in [0.05, 0.1) is 51.6 Å². The zero-order chi connectivity index (χ0) is 76.7. The smallest absolute Gasteiger partial charge is 0.410 e. The number of rotatable bonds is 24. The van der Waals surface area contributed by atoms with Crippen LogP contribution in [0.4, 0.5) is 32.3 Å². The maximum Gasteiger partial charge on any atom is 0.410 e. The number of methoxy groups -OCH3 is 6. The van der Waals surface area contributed by atoms with Gasteiger partial charge in [-0.2, -0.15) is 0 Å². The van der Waals surface area contributed by atoms with Crippen molar-refractivity contribution in [2.45, 2.75) is 140 Å². The number of anilines is 4. The van der Waals surface area contributed by atoms with Crippen LogP contribution in [0, 0.1) is 11.8 Å². The van der Waals surface area contributed by atoms with Gasteiger partial charge in [-0.15, -0.1) is 0 Å². The highest BCUT2D eigenvalue weighted by Crippen LogP contribution is 2.46. The number of carbonyl (C=O) groups is 6. The monoisotopic (exact) mass is 1540 g/mol. The first-order chi connectivity index (χ1) is 51.3. The van der Waals surface area contributed by atoms with Crippen LogP contribution < -0.4 is 52.8 Å². The largest absolute Gasteiger partial charge is 0.508 e. The van der Waals surface area contributed by atoms with Crippen molar-refractivity contribution >= 4 is 74.5 Å². The molecule has 2 saturated carbocycles. The molecule has 2 aliphatic carbocycles. The summed E-state index contributed by atoms with van der Waals surface area (Å²) < 4.78 is 60.7. The number of benzene rings is 6. The second-order valence-electron chi connectivity index (χ2n) is 29.4. The summed E-state index contributed by atoms with van der Waals surface area (Å²) in [5, 5.41) is 11.0. The summed E-state index contributed by atoms with van der Waals surface area (Å²) in [6.45, 7) is 14.5. The van der Waals surface area contributed by atoms with Crippen LogP contribution in [-0.4, -0.2) is 182 Å². The quantitative estimate of drug-likeness (QED) is 0.0437. The van der Waals surface area contributed by atoms with E-state index in [0.29, 0.717) is 123 Å². The predicted molar refractivity (Wildman–Crippen MR) is 410 cm³/mol. The average Bonchev–Trinajstić information content (AvgIpc) is 1.76. The lowest BCUT2D eigenvalue weighted by molar-refractivity contribution is -0.125. The molecular formula is C82H103BrN6O18. The van der Waals surface area contributed by atoms with Gasteiger partial charge >= 0.3 is 12.2 Å². The number of amides is 6. The highest BCUT2D eigenvalue weighted by molar-refractivity contribution is 9.08. The second kappa shape index (κ2) is 36.4. The lowest BCUT2D eigenvalue weighted by Crippen LogP contribution is -2.51. The first-order valence-electron chi connectivity index (χ1n) is 36.6. The van der Waals surface area contributed by atoms with Gasteiger partial charge in [-0.3, -0.25) is 19.2 Å². The number of hydrogen-bond acceptors (Lipinski definition) is 18. The molecule has 4 aliphatic heterocycles. The number of aromatic hydroxyl groups is 1. The molecule has 0 aromatic heterocycles. The Morgan fingerprint density at radius 2 is 0.935 bits per heavy atom. The Kier molecular flexibility index (Phi) is 27.3. The summed E-state index contributed by atoms with van der Waals surface area (Å²) in [4.78, 5) is 92.3. The van der Waals surface area contributed by atoms with E-state index in [-0.39, 0.29) is 79.6 Å². The van der Waals surface area contributed by atoms with Crippen LogP contribution >= 0.6 is 15.9 Å². The van der Waals surface area contributed by atoms with Gasteiger partial charge in [0, 0.05) is 108 Å². The highest BCUT2D eigenvalue weighted by Gasteiger charge is 2.47. The average molecular weight is 1540 g/mol. The molecule has 107 heavy (non-hydrogen) atoms. The zero-order valence-corrected chi connectivity index (χ0v) is 65.2. The summed E-state index contributed by atoms with van der Waals surface area (Å²) in [5.41, 5.74) is 5.19. The normalized spacial score (nSPS) is 18.3. The third-order valence-electron chi connectivity index (χ3n) is 19.2. The summed E-state index contributed by atoms with van der Waals surface area (Å²) in [6.07, 6.45) is 5.04. The SMILES string of the molecule is COCCCN1C(=O)COc2ccc(N(C(=O)[C@H]3CN(C(=O)OC(C)(C)C)CC[C@@H]3c3cccc(O)c3)C3CC3)cc21.COCCCN1C(=O)COc2ccc(N(C(=O)[C@H]3CN(C(=O)OC(C)(C)C)CC[C@@H]3c3cccc(OCc4cc(OC)cc(OC)c4)c3)C3CC3)cc21.COc1cc(CBr)cc(OC)c1. The number of fused-ring (bicyclic) bond motifs is 2. The fourth-order valence-electron chi connectivity index (χ4n) is 13.8. The Balaban J connectivity index is 0.000000201. The first-order valence-corrected chi connectivity index (χ1v) is 37.7. The molecule has 0 spiro atoms. The molecule has 6 aliphatic rings. The number of phenols is 1. The van der Waals surface area contributed by atoms with E-state index in [1.54, 1.807) is 80.5 Å². The maximum absolute atomic E-state index is 15.0. The lowest BCUT2D eigenvalue weighted by Gasteiger charge is -2.41. The van der Waals surface area contributed by atoms with E-state index < -0.39 is 35.2 Å². The van der Waals surface area contributed by atoms with Crippen LogP contribution in [-0.2, 0) is 50.1 Å². The standard InChI is InChI=1S/C41H51N3O9.C32H41N3O7.C9H11BrO2/c1-41(2,3)53-40(47)42-17-15-34(28-9-7-10-31(21-28)51-25-27-19-32(49-5)23-33(20-27)50-6)35(24-42)39(46)44(29-11-12-29)30-13-14-37-36(22-30)43(16-8-18-48-4)38(45)26-52-37;1-32(2,3)42-31(39)33-15-13-25(21-7-5-8-24(36)17-21)26(19-33)30(38)35(22-9-10-22)23-11-12-28-27(18-23)34(14-6-16-40-4)29(37)20-41-28;1-11-8-3-7(6-10)4-9(5-8)12-2/h7,9-10,13-14,19-23,29,34-35H,8,11-12,15-18,24-26H2,1-6H3;5,7-8,11-12,17-18,22,25-26,36H,6,9-10,13-16,19-20H2,1-4H3;3-5H,6H2,1-2H3/t34-,35+;25-,26+;/m11./s1. The molecule has 0 bridgehead atoms. The topological polar surface area (TPSA) is 244 Å². The van der Waals surface area contributed by atoms with Crippen molar-refractivity contribution < 1.29 is 86.0 Å². The van der Waals surface area contributed by atoms with E-state index in [1.165, 1.54) is 0 Å². The fraction of sp³-hybridized carbons (Fsp3) is 0.488. The fourth-order valence-corrected chi connectivity index (χ4v) is 14.1. The Morgan fingerprint density at radius 1 is 0.514 bits per heavy atom. The molecule has 576 valence electrons. The first kappa shape index (κ1) is 80.1. The summed E-state index contributed by atoms with van der Waals surface area (Å²) in [7, 11) is 9.78. The molecular weight excluding hydrogens is 1440 g/mol. The van der Waals surface area contributed by atoms with E-state index >= 15 is 4.79 Å². The number of alkyl halides is 1. The highest BCUT2D eigenvalue weighted by atomic mass is 79.9. The third kappa shape index (κ3) is 21.2. The number of halogens is 1. The number of ether oxygens (including phenoxy) is 11. The second-order valence-corrected chi connectivity index (χ2v) is 30.0. The Hall–Kier alpha value is -9.46.